The standard InChI is InChI=1S/C7H9NO2.Fe/c1-2-8-5-3-4-6(9)7(8)10;/h3-5,9H,2H2,1H3;/q;+3. The molecule has 0 amide bonds. The van der Waals surface area contributed by atoms with Gasteiger partial charge in [-0.25, -0.2) is 0 Å². The van der Waals surface area contributed by atoms with Gasteiger partial charge in [0.05, 0.1) is 0 Å². The van der Waals surface area contributed by atoms with Crippen molar-refractivity contribution in [3.63, 3.8) is 0 Å². The molecule has 1 radical (unpaired) electrons. The van der Waals surface area contributed by atoms with Gasteiger partial charge in [-0.05, 0) is 19.1 Å². The fraction of sp³-hybridized carbons (Fsp3) is 0.286. The van der Waals surface area contributed by atoms with Gasteiger partial charge in [0.25, 0.3) is 5.56 Å². The van der Waals surface area contributed by atoms with Crippen LogP contribution >= 0.6 is 0 Å². The van der Waals surface area contributed by atoms with Crippen LogP contribution in [0.15, 0.2) is 23.1 Å². The SMILES string of the molecule is CCn1cccc(O)c1=O.[Fe+3]. The van der Waals surface area contributed by atoms with Crippen LogP contribution in [0.2, 0.25) is 0 Å². The Labute approximate surface area is 75.1 Å². The Balaban J connectivity index is 0.000001000. The first kappa shape index (κ1) is 10.3. The minimum absolute atomic E-state index is 0. The first-order valence-electron chi connectivity index (χ1n) is 3.14. The third-order valence-corrected chi connectivity index (χ3v) is 1.34. The predicted octanol–water partition coefficient (Wildman–Crippen LogP) is 0.571. The van der Waals surface area contributed by atoms with Crippen molar-refractivity contribution < 1.29 is 22.2 Å². The third-order valence-electron chi connectivity index (χ3n) is 1.34. The van der Waals surface area contributed by atoms with Gasteiger partial charge < -0.3 is 9.67 Å². The van der Waals surface area contributed by atoms with E-state index in [9.17, 15) is 4.79 Å². The van der Waals surface area contributed by atoms with Gasteiger partial charge in [0.1, 0.15) is 0 Å². The summed E-state index contributed by atoms with van der Waals surface area (Å²) in [5, 5.41) is 8.90. The van der Waals surface area contributed by atoms with Crippen LogP contribution < -0.4 is 5.56 Å². The monoisotopic (exact) mass is 195 g/mol. The van der Waals surface area contributed by atoms with Crippen molar-refractivity contribution >= 4 is 0 Å². The Kier molecular flexibility index (Phi) is 3.93. The molecule has 0 saturated heterocycles. The van der Waals surface area contributed by atoms with Gasteiger partial charge >= 0.3 is 17.1 Å². The number of aromatic nitrogens is 1. The number of hydrogen-bond donors (Lipinski definition) is 1. The predicted molar refractivity (Wildman–Crippen MR) is 38.0 cm³/mol. The quantitative estimate of drug-likeness (QED) is 0.665. The van der Waals surface area contributed by atoms with E-state index in [1.54, 1.807) is 12.3 Å². The van der Waals surface area contributed by atoms with Crippen molar-refractivity contribution in [1.29, 1.82) is 0 Å². The van der Waals surface area contributed by atoms with Crippen LogP contribution in [0.4, 0.5) is 0 Å². The van der Waals surface area contributed by atoms with E-state index in [4.69, 9.17) is 5.11 Å². The number of rotatable bonds is 1. The summed E-state index contributed by atoms with van der Waals surface area (Å²) < 4.78 is 1.44. The van der Waals surface area contributed by atoms with E-state index >= 15 is 0 Å². The van der Waals surface area contributed by atoms with E-state index in [1.165, 1.54) is 10.6 Å². The molecule has 11 heavy (non-hydrogen) atoms. The molecule has 0 aliphatic heterocycles. The molecule has 0 spiro atoms. The number of nitrogens with zero attached hydrogens (tertiary/aromatic N) is 1. The summed E-state index contributed by atoms with van der Waals surface area (Å²) in [6.07, 6.45) is 1.64. The molecule has 59 valence electrons. The van der Waals surface area contributed by atoms with E-state index in [2.05, 4.69) is 0 Å². The zero-order valence-electron chi connectivity index (χ0n) is 6.10. The average Bonchev–Trinajstić information content (AvgIpc) is 1.95. The smallest absolute Gasteiger partial charge is 0.503 e. The van der Waals surface area contributed by atoms with Crippen molar-refractivity contribution in [2.75, 3.05) is 0 Å². The molecule has 0 bridgehead atoms. The second-order valence-electron chi connectivity index (χ2n) is 1.98. The number of hydrogen-bond acceptors (Lipinski definition) is 2. The molecule has 0 atom stereocenters. The maximum Gasteiger partial charge on any atom is 3.00 e. The molecule has 0 aliphatic carbocycles. The fourth-order valence-electron chi connectivity index (χ4n) is 0.773. The van der Waals surface area contributed by atoms with Gasteiger partial charge in [0.2, 0.25) is 0 Å². The summed E-state index contributed by atoms with van der Waals surface area (Å²) in [5.41, 5.74) is -0.329. The van der Waals surface area contributed by atoms with Crippen molar-refractivity contribution in [2.45, 2.75) is 13.5 Å². The first-order chi connectivity index (χ1) is 4.75. The van der Waals surface area contributed by atoms with Gasteiger partial charge in [-0.1, -0.05) is 0 Å². The van der Waals surface area contributed by atoms with Crippen LogP contribution in [0.3, 0.4) is 0 Å². The van der Waals surface area contributed by atoms with E-state index < -0.39 is 0 Å². The zero-order valence-corrected chi connectivity index (χ0v) is 7.20. The normalized spacial score (nSPS) is 8.82. The molecule has 0 aromatic carbocycles. The van der Waals surface area contributed by atoms with Crippen molar-refractivity contribution in [1.82, 2.24) is 4.57 Å². The van der Waals surface area contributed by atoms with Gasteiger partial charge in [0.15, 0.2) is 5.75 Å². The van der Waals surface area contributed by atoms with Gasteiger partial charge in [-0.2, -0.15) is 0 Å². The number of aryl methyl sites for hydroxylation is 1. The number of pyridine rings is 1. The second kappa shape index (κ2) is 4.21. The molecule has 1 aromatic rings. The maximum absolute atomic E-state index is 10.9. The summed E-state index contributed by atoms with van der Waals surface area (Å²) in [4.78, 5) is 10.9. The molecule has 0 fully saturated rings. The van der Waals surface area contributed by atoms with Gasteiger partial charge in [-0.15, -0.1) is 0 Å². The third kappa shape index (κ3) is 2.10. The minimum atomic E-state index is -0.329. The van der Waals surface area contributed by atoms with E-state index in [0.717, 1.165) is 0 Å². The summed E-state index contributed by atoms with van der Waals surface area (Å²) in [6.45, 7) is 2.44. The summed E-state index contributed by atoms with van der Waals surface area (Å²) in [5.74, 6) is -0.190. The Bertz CT molecular complexity index is 282. The fourth-order valence-corrected chi connectivity index (χ4v) is 0.773. The topological polar surface area (TPSA) is 42.2 Å². The van der Waals surface area contributed by atoms with Crippen molar-refractivity contribution in [3.05, 3.63) is 28.7 Å². The van der Waals surface area contributed by atoms with Crippen LogP contribution in [0.1, 0.15) is 6.92 Å². The van der Waals surface area contributed by atoms with E-state index in [-0.39, 0.29) is 28.4 Å². The summed E-state index contributed by atoms with van der Waals surface area (Å²) in [6, 6.07) is 3.02. The molecular formula is C7H9FeNO2+3. The Morgan fingerprint density at radius 1 is 1.64 bits per heavy atom. The Hall–Kier alpha value is -0.731. The maximum atomic E-state index is 10.9. The molecular weight excluding hydrogens is 186 g/mol. The Morgan fingerprint density at radius 3 is 2.73 bits per heavy atom. The van der Waals surface area contributed by atoms with Crippen LogP contribution in [0.5, 0.6) is 5.75 Å². The van der Waals surface area contributed by atoms with Crippen molar-refractivity contribution in [3.8, 4) is 5.75 Å². The summed E-state index contributed by atoms with van der Waals surface area (Å²) >= 11 is 0. The molecule has 0 aliphatic rings. The van der Waals surface area contributed by atoms with Gasteiger partial charge in [-0.3, -0.25) is 4.79 Å². The van der Waals surface area contributed by atoms with Crippen LogP contribution in [-0.4, -0.2) is 9.67 Å². The van der Waals surface area contributed by atoms with Crippen LogP contribution in [0.25, 0.3) is 0 Å². The summed E-state index contributed by atoms with van der Waals surface area (Å²) in [7, 11) is 0. The Morgan fingerprint density at radius 2 is 2.27 bits per heavy atom. The molecule has 0 saturated carbocycles. The number of aromatic hydroxyl groups is 1. The average molecular weight is 195 g/mol. The van der Waals surface area contributed by atoms with E-state index in [0.29, 0.717) is 6.54 Å². The van der Waals surface area contributed by atoms with Crippen LogP contribution in [0, 0.1) is 0 Å². The molecule has 0 unspecified atom stereocenters. The van der Waals surface area contributed by atoms with Crippen molar-refractivity contribution in [2.24, 2.45) is 0 Å². The molecule has 4 heteroatoms. The largest absolute Gasteiger partial charge is 3.00 e. The molecule has 1 N–H and O–H groups in total. The first-order valence-corrected chi connectivity index (χ1v) is 3.14. The zero-order chi connectivity index (χ0) is 7.56. The molecule has 1 rings (SSSR count). The van der Waals surface area contributed by atoms with E-state index in [1.807, 2.05) is 6.92 Å². The minimum Gasteiger partial charge on any atom is -0.503 e. The van der Waals surface area contributed by atoms with Crippen LogP contribution in [-0.2, 0) is 23.6 Å². The molecule has 1 heterocycles. The second-order valence-corrected chi connectivity index (χ2v) is 1.98. The molecule has 1 aromatic heterocycles. The van der Waals surface area contributed by atoms with Gasteiger partial charge in [0, 0.05) is 12.7 Å². The molecule has 3 nitrogen and oxygen atoms in total.